The Kier molecular flexibility index (Phi) is 19.4. The SMILES string of the molecule is CCCCCCCCCCCC(=O)OCCC(CCC)CCCCC. The number of hydrogen-bond acceptors (Lipinski definition) is 2. The second kappa shape index (κ2) is 19.8. The molecular weight excluding hydrogens is 308 g/mol. The molecule has 0 fully saturated rings. The van der Waals surface area contributed by atoms with E-state index in [1.165, 1.54) is 89.9 Å². The van der Waals surface area contributed by atoms with Crippen molar-refractivity contribution in [1.29, 1.82) is 0 Å². The molecule has 0 aliphatic heterocycles. The third-order valence-electron chi connectivity index (χ3n) is 5.19. The first-order valence-corrected chi connectivity index (χ1v) is 11.4. The zero-order chi connectivity index (χ0) is 18.6. The smallest absolute Gasteiger partial charge is 0.305 e. The van der Waals surface area contributed by atoms with Gasteiger partial charge in [0.25, 0.3) is 0 Å². The van der Waals surface area contributed by atoms with Crippen LogP contribution in [0.4, 0.5) is 0 Å². The molecule has 0 rings (SSSR count). The quantitative estimate of drug-likeness (QED) is 0.174. The molecule has 25 heavy (non-hydrogen) atoms. The van der Waals surface area contributed by atoms with E-state index in [4.69, 9.17) is 4.74 Å². The zero-order valence-electron chi connectivity index (χ0n) is 17.6. The lowest BCUT2D eigenvalue weighted by atomic mass is 9.94. The van der Waals surface area contributed by atoms with Crippen molar-refractivity contribution in [3.63, 3.8) is 0 Å². The average Bonchev–Trinajstić information content (AvgIpc) is 2.60. The minimum absolute atomic E-state index is 0.0201. The summed E-state index contributed by atoms with van der Waals surface area (Å²) < 4.78 is 5.46. The molecule has 0 saturated heterocycles. The molecule has 0 bridgehead atoms. The third-order valence-corrected chi connectivity index (χ3v) is 5.19. The molecule has 1 unspecified atom stereocenters. The van der Waals surface area contributed by atoms with E-state index >= 15 is 0 Å². The van der Waals surface area contributed by atoms with Crippen LogP contribution in [-0.4, -0.2) is 12.6 Å². The summed E-state index contributed by atoms with van der Waals surface area (Å²) in [5.41, 5.74) is 0. The minimum atomic E-state index is 0.0201. The van der Waals surface area contributed by atoms with Gasteiger partial charge < -0.3 is 4.74 Å². The second-order valence-electron chi connectivity index (χ2n) is 7.74. The molecule has 0 heterocycles. The number of unbranched alkanes of at least 4 members (excludes halogenated alkanes) is 10. The predicted octanol–water partition coefficient (Wildman–Crippen LogP) is 7.84. The molecule has 0 aliphatic rings. The van der Waals surface area contributed by atoms with E-state index in [0.29, 0.717) is 13.0 Å². The molecule has 0 amide bonds. The maximum absolute atomic E-state index is 11.8. The van der Waals surface area contributed by atoms with Gasteiger partial charge in [0.1, 0.15) is 0 Å². The first kappa shape index (κ1) is 24.5. The van der Waals surface area contributed by atoms with Crippen LogP contribution in [0.3, 0.4) is 0 Å². The van der Waals surface area contributed by atoms with Gasteiger partial charge in [-0.2, -0.15) is 0 Å². The number of carbonyl (C=O) groups excluding carboxylic acids is 1. The summed E-state index contributed by atoms with van der Waals surface area (Å²) in [5.74, 6) is 0.767. The van der Waals surface area contributed by atoms with Gasteiger partial charge in [-0.05, 0) is 18.8 Å². The van der Waals surface area contributed by atoms with Crippen molar-refractivity contribution in [1.82, 2.24) is 0 Å². The minimum Gasteiger partial charge on any atom is -0.466 e. The average molecular weight is 355 g/mol. The zero-order valence-corrected chi connectivity index (χ0v) is 17.6. The van der Waals surface area contributed by atoms with Crippen LogP contribution in [0.1, 0.15) is 130 Å². The summed E-state index contributed by atoms with van der Waals surface area (Å²) in [4.78, 5) is 11.8. The summed E-state index contributed by atoms with van der Waals surface area (Å²) in [6.45, 7) is 7.40. The van der Waals surface area contributed by atoms with Crippen LogP contribution in [0, 0.1) is 5.92 Å². The van der Waals surface area contributed by atoms with Gasteiger partial charge in [-0.1, -0.05) is 111 Å². The van der Waals surface area contributed by atoms with Gasteiger partial charge in [-0.3, -0.25) is 4.79 Å². The molecule has 0 aromatic heterocycles. The normalized spacial score (nSPS) is 12.3. The van der Waals surface area contributed by atoms with Crippen LogP contribution < -0.4 is 0 Å². The summed E-state index contributed by atoms with van der Waals surface area (Å²) in [5, 5.41) is 0. The number of carbonyl (C=O) groups is 1. The van der Waals surface area contributed by atoms with Gasteiger partial charge in [-0.25, -0.2) is 0 Å². The van der Waals surface area contributed by atoms with E-state index in [-0.39, 0.29) is 5.97 Å². The van der Waals surface area contributed by atoms with Gasteiger partial charge in [0.15, 0.2) is 0 Å². The molecule has 150 valence electrons. The molecule has 1 atom stereocenters. The highest BCUT2D eigenvalue weighted by Gasteiger charge is 2.09. The Balaban J connectivity index is 3.49. The highest BCUT2D eigenvalue weighted by Crippen LogP contribution is 2.19. The van der Waals surface area contributed by atoms with Crippen LogP contribution in [0.15, 0.2) is 0 Å². The molecule has 0 N–H and O–H groups in total. The third kappa shape index (κ3) is 18.1. The Morgan fingerprint density at radius 2 is 1.20 bits per heavy atom. The fourth-order valence-corrected chi connectivity index (χ4v) is 3.52. The maximum Gasteiger partial charge on any atom is 0.305 e. The first-order chi connectivity index (χ1) is 12.2. The van der Waals surface area contributed by atoms with E-state index in [9.17, 15) is 4.79 Å². The standard InChI is InChI=1S/C23H46O2/c1-4-7-9-10-11-12-13-14-16-19-23(24)25-21-20-22(17-6-3)18-15-8-5-2/h22H,4-21H2,1-3H3. The summed E-state index contributed by atoms with van der Waals surface area (Å²) in [6, 6.07) is 0. The Bertz CT molecular complexity index is 275. The van der Waals surface area contributed by atoms with Crippen LogP contribution >= 0.6 is 0 Å². The molecular formula is C23H46O2. The van der Waals surface area contributed by atoms with Crippen molar-refractivity contribution in [2.24, 2.45) is 5.92 Å². The van der Waals surface area contributed by atoms with E-state index in [1.807, 2.05) is 0 Å². The Morgan fingerprint density at radius 3 is 1.80 bits per heavy atom. The fraction of sp³-hybridized carbons (Fsp3) is 0.957. The van der Waals surface area contributed by atoms with Crippen molar-refractivity contribution in [2.75, 3.05) is 6.61 Å². The lowest BCUT2D eigenvalue weighted by Gasteiger charge is -2.15. The molecule has 0 aromatic carbocycles. The number of hydrogen-bond donors (Lipinski definition) is 0. The maximum atomic E-state index is 11.8. The fourth-order valence-electron chi connectivity index (χ4n) is 3.52. The Morgan fingerprint density at radius 1 is 0.640 bits per heavy atom. The monoisotopic (exact) mass is 354 g/mol. The van der Waals surface area contributed by atoms with Gasteiger partial charge >= 0.3 is 5.97 Å². The van der Waals surface area contributed by atoms with Crippen molar-refractivity contribution in [3.05, 3.63) is 0 Å². The van der Waals surface area contributed by atoms with Gasteiger partial charge in [0.2, 0.25) is 0 Å². The van der Waals surface area contributed by atoms with E-state index < -0.39 is 0 Å². The van der Waals surface area contributed by atoms with Crippen LogP contribution in [0.2, 0.25) is 0 Å². The van der Waals surface area contributed by atoms with Gasteiger partial charge in [0, 0.05) is 6.42 Å². The number of esters is 1. The van der Waals surface area contributed by atoms with Crippen molar-refractivity contribution >= 4 is 5.97 Å². The molecule has 2 nitrogen and oxygen atoms in total. The summed E-state index contributed by atoms with van der Waals surface area (Å²) >= 11 is 0. The first-order valence-electron chi connectivity index (χ1n) is 11.4. The molecule has 2 heteroatoms. The molecule has 0 spiro atoms. The van der Waals surface area contributed by atoms with Crippen LogP contribution in [0.25, 0.3) is 0 Å². The largest absolute Gasteiger partial charge is 0.466 e. The topological polar surface area (TPSA) is 26.3 Å². The second-order valence-corrected chi connectivity index (χ2v) is 7.74. The molecule has 0 radical (unpaired) electrons. The van der Waals surface area contributed by atoms with Crippen molar-refractivity contribution in [3.8, 4) is 0 Å². The van der Waals surface area contributed by atoms with Crippen molar-refractivity contribution in [2.45, 2.75) is 130 Å². The number of ether oxygens (including phenoxy) is 1. The van der Waals surface area contributed by atoms with Crippen LogP contribution in [0.5, 0.6) is 0 Å². The highest BCUT2D eigenvalue weighted by molar-refractivity contribution is 5.69. The van der Waals surface area contributed by atoms with Crippen molar-refractivity contribution < 1.29 is 9.53 Å². The highest BCUT2D eigenvalue weighted by atomic mass is 16.5. The van der Waals surface area contributed by atoms with Gasteiger partial charge in [-0.15, -0.1) is 0 Å². The predicted molar refractivity (Wildman–Crippen MR) is 110 cm³/mol. The number of rotatable bonds is 19. The van der Waals surface area contributed by atoms with E-state index in [1.54, 1.807) is 0 Å². The lowest BCUT2D eigenvalue weighted by Crippen LogP contribution is -2.10. The molecule has 0 aliphatic carbocycles. The van der Waals surface area contributed by atoms with E-state index in [2.05, 4.69) is 20.8 Å². The van der Waals surface area contributed by atoms with E-state index in [0.717, 1.165) is 18.8 Å². The lowest BCUT2D eigenvalue weighted by molar-refractivity contribution is -0.144. The Labute approximate surface area is 158 Å². The molecule has 0 aromatic rings. The Hall–Kier alpha value is -0.530. The summed E-state index contributed by atoms with van der Waals surface area (Å²) in [7, 11) is 0. The van der Waals surface area contributed by atoms with Crippen LogP contribution in [-0.2, 0) is 9.53 Å². The van der Waals surface area contributed by atoms with Gasteiger partial charge in [0.05, 0.1) is 6.61 Å². The summed E-state index contributed by atoms with van der Waals surface area (Å²) in [6.07, 6.45) is 21.0. The molecule has 0 saturated carbocycles.